The third kappa shape index (κ3) is 8.54. The van der Waals surface area contributed by atoms with E-state index in [1.54, 1.807) is 11.8 Å². The van der Waals surface area contributed by atoms with Crippen molar-refractivity contribution in [1.82, 2.24) is 10.6 Å². The molecule has 1 aromatic carbocycles. The number of carbonyl (C=O) groups excluding carboxylic acids is 3. The Hall–Kier alpha value is -2.45. The number of hydrogen-bond donors (Lipinski definition) is 4. The second-order valence-electron chi connectivity index (χ2n) is 11.9. The minimum atomic E-state index is -0.834. The van der Waals surface area contributed by atoms with Crippen LogP contribution < -0.4 is 21.3 Å². The van der Waals surface area contributed by atoms with Crippen LogP contribution in [0, 0.1) is 17.3 Å². The van der Waals surface area contributed by atoms with E-state index in [1.807, 2.05) is 38.1 Å². The molecule has 0 spiro atoms. The molecule has 1 saturated carbocycles. The maximum atomic E-state index is 13.6. The lowest BCUT2D eigenvalue weighted by Crippen LogP contribution is -2.51. The third-order valence-electron chi connectivity index (χ3n) is 7.53. The Morgan fingerprint density at radius 3 is 2.59 bits per heavy atom. The Kier molecular flexibility index (Phi) is 10.1. The minimum Gasteiger partial charge on any atom is -0.391 e. The van der Waals surface area contributed by atoms with Gasteiger partial charge in [0.25, 0.3) is 0 Å². The molecule has 1 aromatic rings. The number of nitrogens with two attached hydrogens (primary N) is 1. The quantitative estimate of drug-likeness (QED) is 0.301. The molecule has 3 rings (SSSR count). The fourth-order valence-corrected chi connectivity index (χ4v) is 5.15. The van der Waals surface area contributed by atoms with Gasteiger partial charge >= 0.3 is 0 Å². The van der Waals surface area contributed by atoms with Crippen molar-refractivity contribution in [2.24, 2.45) is 23.0 Å². The predicted molar refractivity (Wildman–Crippen MR) is 146 cm³/mol. The number of hydrogen-bond acceptors (Lipinski definition) is 5. The van der Waals surface area contributed by atoms with E-state index < -0.39 is 17.6 Å². The number of aliphatic hydroxyl groups is 1. The Labute approximate surface area is 221 Å². The lowest BCUT2D eigenvalue weighted by molar-refractivity contribution is -0.125. The number of amides is 3. The van der Waals surface area contributed by atoms with Gasteiger partial charge in [-0.3, -0.25) is 14.4 Å². The van der Waals surface area contributed by atoms with E-state index in [4.69, 9.17) is 5.73 Å². The monoisotopic (exact) mass is 514 g/mol. The van der Waals surface area contributed by atoms with E-state index >= 15 is 0 Å². The van der Waals surface area contributed by atoms with Gasteiger partial charge in [-0.1, -0.05) is 52.3 Å². The molecule has 2 aliphatic rings. The summed E-state index contributed by atoms with van der Waals surface area (Å²) in [4.78, 5) is 40.0. The van der Waals surface area contributed by atoms with Crippen molar-refractivity contribution in [3.05, 3.63) is 29.8 Å². The second kappa shape index (κ2) is 12.9. The van der Waals surface area contributed by atoms with Crippen molar-refractivity contribution in [3.63, 3.8) is 0 Å². The molecule has 0 aromatic heterocycles. The molecule has 5 N–H and O–H groups in total. The van der Waals surface area contributed by atoms with Gasteiger partial charge in [0.05, 0.1) is 12.1 Å². The van der Waals surface area contributed by atoms with Gasteiger partial charge in [0, 0.05) is 43.1 Å². The molecular weight excluding hydrogens is 468 g/mol. The Morgan fingerprint density at radius 1 is 1.22 bits per heavy atom. The predicted octanol–water partition coefficient (Wildman–Crippen LogP) is 2.91. The van der Waals surface area contributed by atoms with Crippen molar-refractivity contribution in [3.8, 4) is 0 Å². The van der Waals surface area contributed by atoms with Gasteiger partial charge in [-0.05, 0) is 55.6 Å². The summed E-state index contributed by atoms with van der Waals surface area (Å²) < 4.78 is 0. The van der Waals surface area contributed by atoms with Crippen molar-refractivity contribution in [2.75, 3.05) is 18.0 Å². The van der Waals surface area contributed by atoms with Gasteiger partial charge in [0.1, 0.15) is 0 Å². The van der Waals surface area contributed by atoms with E-state index in [-0.39, 0.29) is 48.4 Å². The van der Waals surface area contributed by atoms with Crippen LogP contribution in [0.15, 0.2) is 24.3 Å². The van der Waals surface area contributed by atoms with Crippen LogP contribution in [0.25, 0.3) is 0 Å². The first-order valence-electron chi connectivity index (χ1n) is 13.9. The number of unbranched alkanes of at least 4 members (excludes halogenated alkanes) is 1. The van der Waals surface area contributed by atoms with Crippen molar-refractivity contribution in [1.29, 1.82) is 0 Å². The largest absolute Gasteiger partial charge is 0.391 e. The molecule has 37 heavy (non-hydrogen) atoms. The minimum absolute atomic E-state index is 0.0202. The highest BCUT2D eigenvalue weighted by Crippen LogP contribution is 2.34. The second-order valence-corrected chi connectivity index (χ2v) is 11.9. The van der Waals surface area contributed by atoms with Crippen LogP contribution in [0.5, 0.6) is 0 Å². The van der Waals surface area contributed by atoms with Gasteiger partial charge < -0.3 is 26.4 Å². The first-order chi connectivity index (χ1) is 17.5. The Bertz CT molecular complexity index is 946. The van der Waals surface area contributed by atoms with E-state index in [9.17, 15) is 19.5 Å². The number of anilines is 1. The molecule has 1 heterocycles. The molecule has 0 bridgehead atoms. The normalized spacial score (nSPS) is 19.9. The number of nitrogens with zero attached hydrogens (tertiary/aromatic N) is 1. The van der Waals surface area contributed by atoms with E-state index in [1.165, 1.54) is 0 Å². The van der Waals surface area contributed by atoms with Crippen LogP contribution in [0.2, 0.25) is 0 Å². The van der Waals surface area contributed by atoms with Crippen LogP contribution >= 0.6 is 0 Å². The summed E-state index contributed by atoms with van der Waals surface area (Å²) in [6, 6.07) is 7.21. The van der Waals surface area contributed by atoms with Gasteiger partial charge in [0.15, 0.2) is 0 Å². The summed E-state index contributed by atoms with van der Waals surface area (Å²) in [6.45, 7) is 8.94. The standard InChI is InChI=1S/C29H46N4O4/c1-5-6-13-31-27(36)19(2)14-25(34)23(30)16-29(3,4)17-26(35)33-18-22(32-28(37)20-11-12-20)15-21-9-7-8-10-24(21)33/h7-10,19-20,22-23,25,34H,5-6,11-18,30H2,1-4H3,(H,31,36)(H,32,37)/t19-,22-,23+,25+/m1/s1. The number of fused-ring (bicyclic) bond motifs is 1. The lowest BCUT2D eigenvalue weighted by Gasteiger charge is -2.37. The van der Waals surface area contributed by atoms with Crippen molar-refractivity contribution >= 4 is 23.4 Å². The molecule has 1 aliphatic carbocycles. The zero-order valence-electron chi connectivity index (χ0n) is 23.0. The van der Waals surface area contributed by atoms with Crippen LogP contribution in [0.3, 0.4) is 0 Å². The highest BCUT2D eigenvalue weighted by molar-refractivity contribution is 5.95. The average Bonchev–Trinajstić information content (AvgIpc) is 3.68. The van der Waals surface area contributed by atoms with E-state index in [2.05, 4.69) is 17.6 Å². The zero-order chi connectivity index (χ0) is 27.2. The maximum Gasteiger partial charge on any atom is 0.227 e. The fourth-order valence-electron chi connectivity index (χ4n) is 5.15. The van der Waals surface area contributed by atoms with Crippen LogP contribution in [0.1, 0.15) is 78.2 Å². The number of rotatable bonds is 13. The number of aliphatic hydroxyl groups excluding tert-OH is 1. The summed E-state index contributed by atoms with van der Waals surface area (Å²) in [5, 5.41) is 16.8. The average molecular weight is 515 g/mol. The smallest absolute Gasteiger partial charge is 0.227 e. The molecule has 1 fully saturated rings. The van der Waals surface area contributed by atoms with Crippen molar-refractivity contribution < 1.29 is 19.5 Å². The highest BCUT2D eigenvalue weighted by Gasteiger charge is 2.36. The lowest BCUT2D eigenvalue weighted by atomic mass is 9.79. The summed E-state index contributed by atoms with van der Waals surface area (Å²) in [5.41, 5.74) is 7.86. The number of carbonyl (C=O) groups is 3. The Morgan fingerprint density at radius 2 is 1.92 bits per heavy atom. The van der Waals surface area contributed by atoms with E-state index in [0.29, 0.717) is 25.9 Å². The summed E-state index contributed by atoms with van der Waals surface area (Å²) in [7, 11) is 0. The van der Waals surface area contributed by atoms with Gasteiger partial charge in [-0.15, -0.1) is 0 Å². The number of para-hydroxylation sites is 1. The Balaban J connectivity index is 1.57. The van der Waals surface area contributed by atoms with Gasteiger partial charge in [0.2, 0.25) is 17.7 Å². The van der Waals surface area contributed by atoms with Crippen LogP contribution in [0.4, 0.5) is 5.69 Å². The fraction of sp³-hybridized carbons (Fsp3) is 0.690. The molecule has 0 saturated heterocycles. The van der Waals surface area contributed by atoms with Crippen LogP contribution in [-0.2, 0) is 20.8 Å². The molecule has 8 nitrogen and oxygen atoms in total. The molecule has 4 atom stereocenters. The SMILES string of the molecule is CCCCNC(=O)[C@H](C)C[C@H](O)[C@@H](N)CC(C)(C)CC(=O)N1C[C@H](NC(=O)C2CC2)Cc2ccccc21. The first-order valence-corrected chi connectivity index (χ1v) is 13.9. The zero-order valence-corrected chi connectivity index (χ0v) is 23.0. The van der Waals surface area contributed by atoms with Gasteiger partial charge in [-0.25, -0.2) is 0 Å². The first kappa shape index (κ1) is 29.1. The number of nitrogens with one attached hydrogen (secondary N) is 2. The van der Waals surface area contributed by atoms with Crippen LogP contribution in [-0.4, -0.2) is 54.1 Å². The summed E-state index contributed by atoms with van der Waals surface area (Å²) in [5.74, 6) is -0.214. The van der Waals surface area contributed by atoms with E-state index in [0.717, 1.165) is 36.9 Å². The summed E-state index contributed by atoms with van der Waals surface area (Å²) in [6.07, 6.45) is 4.69. The number of benzene rings is 1. The molecule has 206 valence electrons. The maximum absolute atomic E-state index is 13.6. The molecule has 0 radical (unpaired) electrons. The molecule has 8 heteroatoms. The third-order valence-corrected chi connectivity index (χ3v) is 7.53. The molecule has 1 aliphatic heterocycles. The molecule has 3 amide bonds. The van der Waals surface area contributed by atoms with Crippen molar-refractivity contribution in [2.45, 2.75) is 97.2 Å². The topological polar surface area (TPSA) is 125 Å². The summed E-state index contributed by atoms with van der Waals surface area (Å²) >= 11 is 0. The molecule has 0 unspecified atom stereocenters. The highest BCUT2D eigenvalue weighted by atomic mass is 16.3. The van der Waals surface area contributed by atoms with Gasteiger partial charge in [-0.2, -0.15) is 0 Å². The molecular formula is C29H46N4O4.